The number of halogens is 2. The summed E-state index contributed by atoms with van der Waals surface area (Å²) in [6, 6.07) is 25.3. The van der Waals surface area contributed by atoms with Gasteiger partial charge in [0.1, 0.15) is 5.75 Å². The lowest BCUT2D eigenvalue weighted by molar-refractivity contribution is -0.123. The zero-order chi connectivity index (χ0) is 20.6. The molecule has 0 saturated carbocycles. The molecular formula is C23H20BrClN2O2. The second-order valence-electron chi connectivity index (χ2n) is 6.41. The van der Waals surface area contributed by atoms with Gasteiger partial charge < -0.3 is 4.74 Å². The van der Waals surface area contributed by atoms with Crippen LogP contribution < -0.4 is 10.2 Å². The molecule has 1 amide bonds. The van der Waals surface area contributed by atoms with Crippen LogP contribution in [0.5, 0.6) is 5.75 Å². The quantitative estimate of drug-likeness (QED) is 0.349. The zero-order valence-electron chi connectivity index (χ0n) is 15.8. The van der Waals surface area contributed by atoms with E-state index < -0.39 is 0 Å². The number of carbonyl (C=O) groups excluding carboxylic acids is 1. The molecule has 3 aromatic carbocycles. The summed E-state index contributed by atoms with van der Waals surface area (Å²) in [6.45, 7) is 1.75. The van der Waals surface area contributed by atoms with Gasteiger partial charge in [0.15, 0.2) is 6.61 Å². The maximum absolute atomic E-state index is 12.2. The molecule has 0 spiro atoms. The van der Waals surface area contributed by atoms with Crippen molar-refractivity contribution < 1.29 is 9.53 Å². The van der Waals surface area contributed by atoms with E-state index in [0.717, 1.165) is 16.8 Å². The molecule has 0 aromatic heterocycles. The van der Waals surface area contributed by atoms with Gasteiger partial charge in [0.25, 0.3) is 5.91 Å². The SMILES string of the molecule is C/C(=N\NC(=O)COc1ccc(Cl)cc1Br)C(c1ccccc1)c1ccccc1. The van der Waals surface area contributed by atoms with Crippen LogP contribution in [-0.2, 0) is 4.79 Å². The van der Waals surface area contributed by atoms with Crippen molar-refractivity contribution in [1.29, 1.82) is 0 Å². The van der Waals surface area contributed by atoms with E-state index in [1.165, 1.54) is 0 Å². The van der Waals surface area contributed by atoms with Crippen molar-refractivity contribution in [3.63, 3.8) is 0 Å². The second-order valence-corrected chi connectivity index (χ2v) is 7.70. The molecule has 0 saturated heterocycles. The minimum Gasteiger partial charge on any atom is -0.483 e. The third kappa shape index (κ3) is 5.92. The normalized spacial score (nSPS) is 11.4. The van der Waals surface area contributed by atoms with E-state index in [1.807, 2.05) is 43.3 Å². The number of benzene rings is 3. The summed E-state index contributed by atoms with van der Waals surface area (Å²) in [5.74, 6) is 0.145. The van der Waals surface area contributed by atoms with Gasteiger partial charge in [-0.25, -0.2) is 5.43 Å². The van der Waals surface area contributed by atoms with Crippen LogP contribution in [0.25, 0.3) is 0 Å². The number of nitrogens with zero attached hydrogens (tertiary/aromatic N) is 1. The van der Waals surface area contributed by atoms with Crippen LogP contribution in [-0.4, -0.2) is 18.2 Å². The predicted octanol–water partition coefficient (Wildman–Crippen LogP) is 5.81. The largest absolute Gasteiger partial charge is 0.483 e. The molecule has 1 N–H and O–H groups in total. The van der Waals surface area contributed by atoms with Crippen LogP contribution in [0.3, 0.4) is 0 Å². The highest BCUT2D eigenvalue weighted by atomic mass is 79.9. The maximum Gasteiger partial charge on any atom is 0.277 e. The van der Waals surface area contributed by atoms with E-state index in [4.69, 9.17) is 16.3 Å². The first-order chi connectivity index (χ1) is 14.0. The summed E-state index contributed by atoms with van der Waals surface area (Å²) in [4.78, 5) is 12.2. The predicted molar refractivity (Wildman–Crippen MR) is 121 cm³/mol. The summed E-state index contributed by atoms with van der Waals surface area (Å²) in [5, 5.41) is 4.92. The summed E-state index contributed by atoms with van der Waals surface area (Å²) in [5.41, 5.74) is 5.58. The van der Waals surface area contributed by atoms with Crippen molar-refractivity contribution in [3.8, 4) is 5.75 Å². The highest BCUT2D eigenvalue weighted by Crippen LogP contribution is 2.28. The first-order valence-electron chi connectivity index (χ1n) is 9.05. The number of hydrogen-bond donors (Lipinski definition) is 1. The minimum absolute atomic E-state index is 0.0518. The fraction of sp³-hybridized carbons (Fsp3) is 0.130. The van der Waals surface area contributed by atoms with Crippen molar-refractivity contribution in [2.75, 3.05) is 6.61 Å². The Labute approximate surface area is 183 Å². The standard InChI is InChI=1S/C23H20BrClN2O2/c1-16(23(17-8-4-2-5-9-17)18-10-6-3-7-11-18)26-27-22(28)15-29-21-13-12-19(25)14-20(21)24/h2-14,23H,15H2,1H3,(H,27,28)/b26-16+. The molecule has 3 rings (SSSR count). The number of nitrogens with one attached hydrogen (secondary N) is 1. The number of hydrazone groups is 1. The zero-order valence-corrected chi connectivity index (χ0v) is 18.2. The molecule has 0 aliphatic carbocycles. The summed E-state index contributed by atoms with van der Waals surface area (Å²) in [6.07, 6.45) is 0. The van der Waals surface area contributed by atoms with E-state index in [1.54, 1.807) is 18.2 Å². The summed E-state index contributed by atoms with van der Waals surface area (Å²) in [7, 11) is 0. The third-order valence-corrected chi connectivity index (χ3v) is 5.15. The smallest absolute Gasteiger partial charge is 0.277 e. The van der Waals surface area contributed by atoms with Crippen molar-refractivity contribution in [1.82, 2.24) is 5.43 Å². The van der Waals surface area contributed by atoms with E-state index in [9.17, 15) is 4.79 Å². The van der Waals surface area contributed by atoms with E-state index in [-0.39, 0.29) is 18.4 Å². The maximum atomic E-state index is 12.2. The Balaban J connectivity index is 1.69. The molecule has 0 bridgehead atoms. The molecule has 148 valence electrons. The molecule has 29 heavy (non-hydrogen) atoms. The number of hydrogen-bond acceptors (Lipinski definition) is 3. The van der Waals surface area contributed by atoms with Gasteiger partial charge in [-0.05, 0) is 52.2 Å². The Kier molecular flexibility index (Phi) is 7.44. The van der Waals surface area contributed by atoms with Crippen molar-refractivity contribution in [3.05, 3.63) is 99.5 Å². The molecule has 0 fully saturated rings. The monoisotopic (exact) mass is 470 g/mol. The highest BCUT2D eigenvalue weighted by molar-refractivity contribution is 9.10. The van der Waals surface area contributed by atoms with Crippen LogP contribution in [0.4, 0.5) is 0 Å². The molecule has 4 nitrogen and oxygen atoms in total. The number of carbonyl (C=O) groups is 1. The highest BCUT2D eigenvalue weighted by Gasteiger charge is 2.17. The average molecular weight is 472 g/mol. The van der Waals surface area contributed by atoms with E-state index in [2.05, 4.69) is 50.7 Å². The van der Waals surface area contributed by atoms with Gasteiger partial charge in [-0.1, -0.05) is 72.3 Å². The summed E-state index contributed by atoms with van der Waals surface area (Å²) < 4.78 is 6.21. The Morgan fingerprint density at radius 3 is 2.17 bits per heavy atom. The molecule has 0 radical (unpaired) electrons. The molecule has 0 aliphatic rings. The topological polar surface area (TPSA) is 50.7 Å². The Morgan fingerprint density at radius 2 is 1.62 bits per heavy atom. The van der Waals surface area contributed by atoms with Gasteiger partial charge in [-0.15, -0.1) is 0 Å². The molecule has 0 unspecified atom stereocenters. The number of amides is 1. The lowest BCUT2D eigenvalue weighted by atomic mass is 9.88. The van der Waals surface area contributed by atoms with Gasteiger partial charge in [0, 0.05) is 16.7 Å². The first-order valence-corrected chi connectivity index (χ1v) is 10.2. The fourth-order valence-electron chi connectivity index (χ4n) is 2.95. The first kappa shape index (κ1) is 21.1. The van der Waals surface area contributed by atoms with Crippen LogP contribution in [0.15, 0.2) is 88.4 Å². The van der Waals surface area contributed by atoms with Crippen LogP contribution >= 0.6 is 27.5 Å². The Hall–Kier alpha value is -2.63. The average Bonchev–Trinajstić information content (AvgIpc) is 2.73. The number of rotatable bonds is 7. The third-order valence-electron chi connectivity index (χ3n) is 4.29. The van der Waals surface area contributed by atoms with Crippen molar-refractivity contribution in [2.45, 2.75) is 12.8 Å². The van der Waals surface area contributed by atoms with Crippen LogP contribution in [0.1, 0.15) is 24.0 Å². The lowest BCUT2D eigenvalue weighted by Crippen LogP contribution is -2.26. The van der Waals surface area contributed by atoms with Crippen LogP contribution in [0.2, 0.25) is 5.02 Å². The molecule has 0 aliphatic heterocycles. The van der Waals surface area contributed by atoms with Crippen LogP contribution in [0, 0.1) is 0 Å². The van der Waals surface area contributed by atoms with E-state index in [0.29, 0.717) is 15.2 Å². The fourth-order valence-corrected chi connectivity index (χ4v) is 3.75. The molecule has 0 heterocycles. The van der Waals surface area contributed by atoms with Gasteiger partial charge in [0.2, 0.25) is 0 Å². The van der Waals surface area contributed by atoms with E-state index >= 15 is 0 Å². The Bertz CT molecular complexity index is 955. The molecular weight excluding hydrogens is 452 g/mol. The summed E-state index contributed by atoms with van der Waals surface area (Å²) >= 11 is 9.27. The van der Waals surface area contributed by atoms with Gasteiger partial charge >= 0.3 is 0 Å². The van der Waals surface area contributed by atoms with Gasteiger partial charge in [-0.3, -0.25) is 4.79 Å². The lowest BCUT2D eigenvalue weighted by Gasteiger charge is -2.18. The molecule has 3 aromatic rings. The number of ether oxygens (including phenoxy) is 1. The molecule has 6 heteroatoms. The molecule has 0 atom stereocenters. The minimum atomic E-state index is -0.342. The Morgan fingerprint density at radius 1 is 1.03 bits per heavy atom. The van der Waals surface area contributed by atoms with Crippen molar-refractivity contribution in [2.24, 2.45) is 5.10 Å². The second kappa shape index (κ2) is 10.2. The van der Waals surface area contributed by atoms with Crippen molar-refractivity contribution >= 4 is 39.1 Å². The van der Waals surface area contributed by atoms with Gasteiger partial charge in [-0.2, -0.15) is 5.10 Å². The van der Waals surface area contributed by atoms with Gasteiger partial charge in [0.05, 0.1) is 4.47 Å².